The van der Waals surface area contributed by atoms with E-state index in [9.17, 15) is 4.79 Å². The molecular formula is C19H13Cl2N3O3. The van der Waals surface area contributed by atoms with Crippen molar-refractivity contribution in [3.63, 3.8) is 0 Å². The maximum Gasteiger partial charge on any atom is 0.373 e. The number of hydrogen-bond donors (Lipinski definition) is 1. The fourth-order valence-corrected chi connectivity index (χ4v) is 2.66. The first-order chi connectivity index (χ1) is 13.0. The van der Waals surface area contributed by atoms with Gasteiger partial charge in [0.05, 0.1) is 10.6 Å². The van der Waals surface area contributed by atoms with Crippen LogP contribution >= 0.6 is 23.2 Å². The normalized spacial score (nSPS) is 9.59. The molecule has 0 saturated carbocycles. The first-order valence-corrected chi connectivity index (χ1v) is 8.34. The Hall–Kier alpha value is -3.05. The Balaban J connectivity index is 0.000000817. The average molecular weight is 402 g/mol. The summed E-state index contributed by atoms with van der Waals surface area (Å²) >= 11 is 12.2. The molecule has 0 fully saturated rings. The standard InChI is InChI=1S/C18H13Cl2N3O.CO2/c1-11-2-4-15(19)14(8-11)12-3-5-17(22-9-12)23-18(24)13-6-7-21-10-16(13)20;2-1-3/h2-10H,1H3,(H,22,23,24);. The van der Waals surface area contributed by atoms with Crippen molar-refractivity contribution in [3.05, 3.63) is 76.2 Å². The monoisotopic (exact) mass is 401 g/mol. The molecule has 136 valence electrons. The number of amides is 1. The van der Waals surface area contributed by atoms with Crippen molar-refractivity contribution >= 4 is 41.1 Å². The summed E-state index contributed by atoms with van der Waals surface area (Å²) in [5, 5.41) is 3.65. The van der Waals surface area contributed by atoms with Gasteiger partial charge < -0.3 is 5.32 Å². The van der Waals surface area contributed by atoms with Gasteiger partial charge in [0.2, 0.25) is 0 Å². The lowest BCUT2D eigenvalue weighted by molar-refractivity contribution is -0.191. The number of benzene rings is 1. The van der Waals surface area contributed by atoms with Gasteiger partial charge in [-0.1, -0.05) is 34.8 Å². The van der Waals surface area contributed by atoms with Crippen LogP contribution in [-0.4, -0.2) is 22.0 Å². The van der Waals surface area contributed by atoms with Crippen LogP contribution in [0.5, 0.6) is 0 Å². The van der Waals surface area contributed by atoms with E-state index in [-0.39, 0.29) is 17.1 Å². The molecule has 0 bridgehead atoms. The van der Waals surface area contributed by atoms with Gasteiger partial charge in [0, 0.05) is 34.7 Å². The average Bonchev–Trinajstić information content (AvgIpc) is 2.65. The second kappa shape index (κ2) is 9.59. The minimum atomic E-state index is -0.337. The molecule has 0 unspecified atom stereocenters. The minimum Gasteiger partial charge on any atom is -0.307 e. The number of pyridine rings is 2. The fraction of sp³-hybridized carbons (Fsp3) is 0.0526. The number of aryl methyl sites for hydroxylation is 1. The van der Waals surface area contributed by atoms with Crippen molar-refractivity contribution in [2.45, 2.75) is 6.92 Å². The Morgan fingerprint density at radius 3 is 2.41 bits per heavy atom. The maximum absolute atomic E-state index is 12.2. The molecule has 8 heteroatoms. The van der Waals surface area contributed by atoms with Crippen molar-refractivity contribution in [1.82, 2.24) is 9.97 Å². The molecule has 27 heavy (non-hydrogen) atoms. The third-order valence-electron chi connectivity index (χ3n) is 3.46. The number of nitrogens with zero attached hydrogens (tertiary/aromatic N) is 2. The molecule has 0 aliphatic heterocycles. The number of halogens is 2. The van der Waals surface area contributed by atoms with Gasteiger partial charge in [-0.25, -0.2) is 4.98 Å². The number of rotatable bonds is 3. The number of anilines is 1. The third-order valence-corrected chi connectivity index (χ3v) is 4.09. The molecule has 0 radical (unpaired) electrons. The van der Waals surface area contributed by atoms with Crippen molar-refractivity contribution < 1.29 is 14.4 Å². The van der Waals surface area contributed by atoms with Crippen LogP contribution in [0.1, 0.15) is 15.9 Å². The van der Waals surface area contributed by atoms with E-state index in [4.69, 9.17) is 32.8 Å². The van der Waals surface area contributed by atoms with Crippen molar-refractivity contribution in [2.24, 2.45) is 0 Å². The van der Waals surface area contributed by atoms with Crippen molar-refractivity contribution in [3.8, 4) is 11.1 Å². The van der Waals surface area contributed by atoms with Crippen LogP contribution in [0, 0.1) is 6.92 Å². The molecular weight excluding hydrogens is 389 g/mol. The van der Waals surface area contributed by atoms with E-state index in [1.807, 2.05) is 31.2 Å². The van der Waals surface area contributed by atoms with Crippen molar-refractivity contribution in [2.75, 3.05) is 5.32 Å². The molecule has 2 heterocycles. The zero-order chi connectivity index (χ0) is 19.8. The Kier molecular flexibility index (Phi) is 7.20. The number of carbonyl (C=O) groups excluding carboxylic acids is 3. The number of nitrogens with one attached hydrogen (secondary N) is 1. The molecule has 0 saturated heterocycles. The van der Waals surface area contributed by atoms with Gasteiger partial charge in [0.15, 0.2) is 0 Å². The molecule has 0 aliphatic rings. The van der Waals surface area contributed by atoms with Crippen LogP contribution in [0.4, 0.5) is 5.82 Å². The first kappa shape index (κ1) is 20.3. The van der Waals surface area contributed by atoms with Crippen LogP contribution in [0.25, 0.3) is 11.1 Å². The Morgan fingerprint density at radius 2 is 1.78 bits per heavy atom. The van der Waals surface area contributed by atoms with Gasteiger partial charge in [-0.15, -0.1) is 0 Å². The summed E-state index contributed by atoms with van der Waals surface area (Å²) in [4.78, 5) is 36.6. The summed E-state index contributed by atoms with van der Waals surface area (Å²) in [6, 6.07) is 10.9. The van der Waals surface area contributed by atoms with Crippen molar-refractivity contribution in [1.29, 1.82) is 0 Å². The minimum absolute atomic E-state index is 0.250. The van der Waals surface area contributed by atoms with Gasteiger partial charge in [-0.3, -0.25) is 9.78 Å². The van der Waals surface area contributed by atoms with Gasteiger partial charge >= 0.3 is 6.15 Å². The smallest absolute Gasteiger partial charge is 0.307 e. The zero-order valence-electron chi connectivity index (χ0n) is 14.1. The van der Waals surface area contributed by atoms with E-state index in [2.05, 4.69) is 15.3 Å². The number of aromatic nitrogens is 2. The number of hydrogen-bond acceptors (Lipinski definition) is 5. The van der Waals surface area contributed by atoms with Crippen LogP contribution in [0.2, 0.25) is 10.0 Å². The lowest BCUT2D eigenvalue weighted by Crippen LogP contribution is -2.13. The Morgan fingerprint density at radius 1 is 1.04 bits per heavy atom. The van der Waals surface area contributed by atoms with Gasteiger partial charge in [0.25, 0.3) is 5.91 Å². The lowest BCUT2D eigenvalue weighted by Gasteiger charge is -2.08. The quantitative estimate of drug-likeness (QED) is 0.700. The fourth-order valence-electron chi connectivity index (χ4n) is 2.23. The van der Waals surface area contributed by atoms with E-state index in [0.29, 0.717) is 16.4 Å². The number of carbonyl (C=O) groups is 1. The molecule has 3 rings (SSSR count). The van der Waals surface area contributed by atoms with Gasteiger partial charge in [-0.2, -0.15) is 9.59 Å². The summed E-state index contributed by atoms with van der Waals surface area (Å²) in [6.07, 6.45) is 4.86. The van der Waals surface area contributed by atoms with E-state index in [0.717, 1.165) is 16.7 Å². The summed E-state index contributed by atoms with van der Waals surface area (Å²) in [5.74, 6) is 0.0941. The highest BCUT2D eigenvalue weighted by Crippen LogP contribution is 2.28. The lowest BCUT2D eigenvalue weighted by atomic mass is 10.1. The largest absolute Gasteiger partial charge is 0.373 e. The van der Waals surface area contributed by atoms with Gasteiger partial charge in [0.1, 0.15) is 5.82 Å². The molecule has 6 nitrogen and oxygen atoms in total. The molecule has 1 N–H and O–H groups in total. The molecule has 1 aromatic carbocycles. The highest BCUT2D eigenvalue weighted by Gasteiger charge is 2.11. The van der Waals surface area contributed by atoms with E-state index in [1.54, 1.807) is 18.3 Å². The van der Waals surface area contributed by atoms with E-state index >= 15 is 0 Å². The van der Waals surface area contributed by atoms with Crippen LogP contribution in [0.15, 0.2) is 55.0 Å². The highest BCUT2D eigenvalue weighted by atomic mass is 35.5. The van der Waals surface area contributed by atoms with Crippen LogP contribution < -0.4 is 5.32 Å². The zero-order valence-corrected chi connectivity index (χ0v) is 15.6. The Labute approximate surface area is 165 Å². The van der Waals surface area contributed by atoms with Crippen LogP contribution in [0.3, 0.4) is 0 Å². The van der Waals surface area contributed by atoms with E-state index < -0.39 is 0 Å². The predicted octanol–water partition coefficient (Wildman–Crippen LogP) is 4.43. The molecule has 0 spiro atoms. The molecule has 0 atom stereocenters. The SMILES string of the molecule is Cc1ccc(Cl)c(-c2ccc(NC(=O)c3ccncc3Cl)nc2)c1.O=C=O. The maximum atomic E-state index is 12.2. The highest BCUT2D eigenvalue weighted by molar-refractivity contribution is 6.34. The molecule has 1 amide bonds. The predicted molar refractivity (Wildman–Crippen MR) is 102 cm³/mol. The summed E-state index contributed by atoms with van der Waals surface area (Å²) < 4.78 is 0. The van der Waals surface area contributed by atoms with Crippen LogP contribution in [-0.2, 0) is 9.59 Å². The van der Waals surface area contributed by atoms with E-state index in [1.165, 1.54) is 12.4 Å². The second-order valence-electron chi connectivity index (χ2n) is 5.31. The first-order valence-electron chi connectivity index (χ1n) is 7.59. The molecule has 0 aliphatic carbocycles. The molecule has 3 aromatic rings. The third kappa shape index (κ3) is 5.46. The topological polar surface area (TPSA) is 89.0 Å². The Bertz CT molecular complexity index is 986. The summed E-state index contributed by atoms with van der Waals surface area (Å²) in [6.45, 7) is 2.00. The summed E-state index contributed by atoms with van der Waals surface area (Å²) in [7, 11) is 0. The van der Waals surface area contributed by atoms with Gasteiger partial charge in [-0.05, 0) is 37.3 Å². The summed E-state index contributed by atoms with van der Waals surface area (Å²) in [5.41, 5.74) is 3.24. The second-order valence-corrected chi connectivity index (χ2v) is 6.12. The molecule has 2 aromatic heterocycles.